The molecule has 2 aromatic carbocycles. The molecule has 4 rings (SSSR count). The first-order chi connectivity index (χ1) is 15.0. The van der Waals surface area contributed by atoms with E-state index in [0.717, 1.165) is 23.1 Å². The molecule has 0 aliphatic carbocycles. The highest BCUT2D eigenvalue weighted by Crippen LogP contribution is 2.35. The predicted octanol–water partition coefficient (Wildman–Crippen LogP) is 5.65. The Hall–Kier alpha value is -2.69. The molecule has 31 heavy (non-hydrogen) atoms. The van der Waals surface area contributed by atoms with Crippen LogP contribution >= 0.6 is 11.6 Å². The molecule has 5 heteroatoms. The average molecular weight is 435 g/mol. The van der Waals surface area contributed by atoms with Crippen LogP contribution in [0, 0.1) is 0 Å². The van der Waals surface area contributed by atoms with E-state index in [1.165, 1.54) is 11.1 Å². The fourth-order valence-electron chi connectivity index (χ4n) is 4.45. The summed E-state index contributed by atoms with van der Waals surface area (Å²) in [5.74, 6) is 0.515. The molecule has 1 amide bonds. The Morgan fingerprint density at radius 2 is 2.00 bits per heavy atom. The van der Waals surface area contributed by atoms with E-state index >= 15 is 0 Å². The predicted molar refractivity (Wildman–Crippen MR) is 124 cm³/mol. The van der Waals surface area contributed by atoms with Crippen LogP contribution in [0.1, 0.15) is 59.3 Å². The number of halogens is 1. The lowest BCUT2D eigenvalue weighted by molar-refractivity contribution is 0.0785. The molecular formula is C26H27ClN2O2. The van der Waals surface area contributed by atoms with Gasteiger partial charge in [-0.2, -0.15) is 0 Å². The summed E-state index contributed by atoms with van der Waals surface area (Å²) in [4.78, 5) is 18.8. The number of amides is 1. The summed E-state index contributed by atoms with van der Waals surface area (Å²) in [5, 5.41) is 10.6. The Morgan fingerprint density at radius 1 is 1.19 bits per heavy atom. The number of rotatable bonds is 5. The number of benzene rings is 2. The number of nitrogens with zero attached hydrogens (tertiary/aromatic N) is 2. The van der Waals surface area contributed by atoms with Crippen LogP contribution in [0.2, 0.25) is 5.02 Å². The summed E-state index contributed by atoms with van der Waals surface area (Å²) < 4.78 is 0. The van der Waals surface area contributed by atoms with Crippen LogP contribution < -0.4 is 0 Å². The molecule has 2 heterocycles. The summed E-state index contributed by atoms with van der Waals surface area (Å²) in [6.45, 7) is 5.65. The minimum absolute atomic E-state index is 0.0205. The lowest BCUT2D eigenvalue weighted by Gasteiger charge is -2.19. The number of aliphatic hydroxyl groups excluding tert-OH is 1. The molecule has 0 bridgehead atoms. The molecular weight excluding hydrogens is 408 g/mol. The first-order valence-corrected chi connectivity index (χ1v) is 11.1. The monoisotopic (exact) mass is 434 g/mol. The van der Waals surface area contributed by atoms with Gasteiger partial charge in [0.05, 0.1) is 6.61 Å². The van der Waals surface area contributed by atoms with Crippen molar-refractivity contribution in [3.63, 3.8) is 0 Å². The Balaban J connectivity index is 1.58. The van der Waals surface area contributed by atoms with Gasteiger partial charge in [-0.15, -0.1) is 0 Å². The lowest BCUT2D eigenvalue weighted by Crippen LogP contribution is -2.29. The Bertz CT molecular complexity index is 1100. The number of aromatic nitrogens is 1. The van der Waals surface area contributed by atoms with E-state index in [0.29, 0.717) is 29.7 Å². The molecule has 1 aliphatic heterocycles. The van der Waals surface area contributed by atoms with Gasteiger partial charge >= 0.3 is 0 Å². The minimum atomic E-state index is -0.0990. The Labute approximate surface area is 188 Å². The van der Waals surface area contributed by atoms with Gasteiger partial charge in [-0.1, -0.05) is 61.8 Å². The zero-order valence-electron chi connectivity index (χ0n) is 17.9. The summed E-state index contributed by atoms with van der Waals surface area (Å²) >= 11 is 6.02. The van der Waals surface area contributed by atoms with Gasteiger partial charge in [0.25, 0.3) is 5.91 Å². The highest BCUT2D eigenvalue weighted by Gasteiger charge is 2.30. The SMILES string of the molecule is CC(C)c1ccccc1-c1ccc(C2CCN(C(=O)c3cc(Cl)ccn3)C2)c(CO)c1. The molecule has 4 nitrogen and oxygen atoms in total. The molecule has 1 atom stereocenters. The van der Waals surface area contributed by atoms with Crippen LogP contribution in [-0.2, 0) is 6.61 Å². The van der Waals surface area contributed by atoms with E-state index in [2.05, 4.69) is 61.3 Å². The first kappa shape index (κ1) is 21.5. The molecule has 1 saturated heterocycles. The van der Waals surface area contributed by atoms with Crippen molar-refractivity contribution in [2.75, 3.05) is 13.1 Å². The van der Waals surface area contributed by atoms with Crippen LogP contribution in [0.5, 0.6) is 0 Å². The number of carbonyl (C=O) groups is 1. The van der Waals surface area contributed by atoms with Gasteiger partial charge in [-0.05, 0) is 58.4 Å². The maximum absolute atomic E-state index is 12.8. The van der Waals surface area contributed by atoms with Crippen LogP contribution in [0.15, 0.2) is 60.8 Å². The lowest BCUT2D eigenvalue weighted by atomic mass is 9.88. The fourth-order valence-corrected chi connectivity index (χ4v) is 4.61. The fraction of sp³-hybridized carbons (Fsp3) is 0.308. The first-order valence-electron chi connectivity index (χ1n) is 10.7. The van der Waals surface area contributed by atoms with Crippen LogP contribution in [-0.4, -0.2) is 34.0 Å². The summed E-state index contributed by atoms with van der Waals surface area (Å²) in [7, 11) is 0. The van der Waals surface area contributed by atoms with Crippen molar-refractivity contribution in [3.05, 3.63) is 88.2 Å². The zero-order chi connectivity index (χ0) is 22.0. The van der Waals surface area contributed by atoms with Gasteiger partial charge < -0.3 is 10.0 Å². The number of likely N-dealkylation sites (tertiary alicyclic amines) is 1. The van der Waals surface area contributed by atoms with E-state index in [4.69, 9.17) is 11.6 Å². The number of carbonyl (C=O) groups excluding carboxylic acids is 1. The molecule has 0 spiro atoms. The number of aliphatic hydroxyl groups is 1. The van der Waals surface area contributed by atoms with E-state index in [1.54, 1.807) is 18.3 Å². The molecule has 1 aromatic heterocycles. The molecule has 3 aromatic rings. The molecule has 0 saturated carbocycles. The van der Waals surface area contributed by atoms with Crippen molar-refractivity contribution in [1.29, 1.82) is 0 Å². The molecule has 1 fully saturated rings. The van der Waals surface area contributed by atoms with E-state index in [1.807, 2.05) is 4.90 Å². The van der Waals surface area contributed by atoms with Crippen molar-refractivity contribution >= 4 is 17.5 Å². The van der Waals surface area contributed by atoms with Gasteiger partial charge in [0, 0.05) is 30.2 Å². The standard InChI is InChI=1S/C26H27ClN2O2/c1-17(2)22-5-3-4-6-24(22)18-7-8-23(20(13-18)16-30)19-10-12-29(15-19)26(31)25-14-21(27)9-11-28-25/h3-9,11,13-14,17,19,30H,10,12,15-16H2,1-2H3. The van der Waals surface area contributed by atoms with E-state index in [9.17, 15) is 9.90 Å². The van der Waals surface area contributed by atoms with Crippen LogP contribution in [0.3, 0.4) is 0 Å². The van der Waals surface area contributed by atoms with Gasteiger partial charge in [-0.3, -0.25) is 9.78 Å². The van der Waals surface area contributed by atoms with Crippen LogP contribution in [0.4, 0.5) is 0 Å². The van der Waals surface area contributed by atoms with Gasteiger partial charge in [0.2, 0.25) is 0 Å². The van der Waals surface area contributed by atoms with Crippen molar-refractivity contribution in [1.82, 2.24) is 9.88 Å². The zero-order valence-corrected chi connectivity index (χ0v) is 18.6. The third kappa shape index (κ3) is 4.51. The highest BCUT2D eigenvalue weighted by atomic mass is 35.5. The molecule has 0 radical (unpaired) electrons. The second-order valence-electron chi connectivity index (χ2n) is 8.41. The molecule has 1 aliphatic rings. The largest absolute Gasteiger partial charge is 0.392 e. The number of hydrogen-bond acceptors (Lipinski definition) is 3. The van der Waals surface area contributed by atoms with Gasteiger partial charge in [-0.25, -0.2) is 0 Å². The quantitative estimate of drug-likeness (QED) is 0.564. The van der Waals surface area contributed by atoms with Gasteiger partial charge in [0.1, 0.15) is 5.69 Å². The third-order valence-corrected chi connectivity index (χ3v) is 6.30. The Morgan fingerprint density at radius 3 is 2.74 bits per heavy atom. The second-order valence-corrected chi connectivity index (χ2v) is 8.85. The topological polar surface area (TPSA) is 53.4 Å². The molecule has 1 N–H and O–H groups in total. The summed E-state index contributed by atoms with van der Waals surface area (Å²) in [5.41, 5.74) is 6.03. The maximum atomic E-state index is 12.8. The minimum Gasteiger partial charge on any atom is -0.392 e. The second kappa shape index (κ2) is 9.21. The number of hydrogen-bond donors (Lipinski definition) is 1. The average Bonchev–Trinajstić information content (AvgIpc) is 3.28. The maximum Gasteiger partial charge on any atom is 0.272 e. The van der Waals surface area contributed by atoms with Gasteiger partial charge in [0.15, 0.2) is 0 Å². The third-order valence-electron chi connectivity index (χ3n) is 6.06. The summed E-state index contributed by atoms with van der Waals surface area (Å²) in [6, 6.07) is 18.1. The molecule has 160 valence electrons. The highest BCUT2D eigenvalue weighted by molar-refractivity contribution is 6.30. The van der Waals surface area contributed by atoms with Crippen molar-refractivity contribution in [2.45, 2.75) is 38.7 Å². The van der Waals surface area contributed by atoms with Crippen molar-refractivity contribution in [2.24, 2.45) is 0 Å². The Kier molecular flexibility index (Phi) is 6.40. The number of pyridine rings is 1. The van der Waals surface area contributed by atoms with E-state index < -0.39 is 0 Å². The summed E-state index contributed by atoms with van der Waals surface area (Å²) in [6.07, 6.45) is 2.42. The van der Waals surface area contributed by atoms with Crippen molar-refractivity contribution < 1.29 is 9.90 Å². The smallest absolute Gasteiger partial charge is 0.272 e. The van der Waals surface area contributed by atoms with E-state index in [-0.39, 0.29) is 18.4 Å². The van der Waals surface area contributed by atoms with Crippen molar-refractivity contribution in [3.8, 4) is 11.1 Å². The molecule has 1 unspecified atom stereocenters. The normalized spacial score (nSPS) is 16.2. The van der Waals surface area contributed by atoms with Crippen LogP contribution in [0.25, 0.3) is 11.1 Å².